The van der Waals surface area contributed by atoms with Crippen LogP contribution in [0.25, 0.3) is 22.2 Å². The molecule has 0 radical (unpaired) electrons. The molecule has 4 aromatic rings. The van der Waals surface area contributed by atoms with Crippen LogP contribution >= 0.6 is 0 Å². The predicted octanol–water partition coefficient (Wildman–Crippen LogP) is 7.31. The summed E-state index contributed by atoms with van der Waals surface area (Å²) in [6, 6.07) is 13.0. The van der Waals surface area contributed by atoms with Crippen LogP contribution in [-0.2, 0) is 51.5 Å². The number of anilines is 1. The molecule has 12 nitrogen and oxygen atoms in total. The van der Waals surface area contributed by atoms with Gasteiger partial charge in [-0.25, -0.2) is 18.9 Å². The molecule has 7 rings (SSSR count). The summed E-state index contributed by atoms with van der Waals surface area (Å²) in [6.45, 7) is 13.5. The molecule has 310 valence electrons. The number of fused-ring (bicyclic) bond motifs is 1. The van der Waals surface area contributed by atoms with Crippen molar-refractivity contribution in [1.82, 2.24) is 30.3 Å². The standard InChI is InChI=1S/C45H58FN7O5/c1-6-38-35(39(50-33-15-21-57-22-16-33)36-28-49-53(7-2)40(36)51-38)27-48-42(55)45(17-18-45)41(54)47-26-31-11-12-37(46)34(25-31)32-10-8-9-30(24-32)23-29-13-19-52(20-14-29)43(56)58-44(3,4)5/h8-12,24-25,28-29,33H,6-7,13-23,26-27H2,1-5H3,(H,47,54)(H,48,55)(H,50,51). The van der Waals surface area contributed by atoms with Crippen LogP contribution in [0.3, 0.4) is 0 Å². The van der Waals surface area contributed by atoms with Gasteiger partial charge in [-0.2, -0.15) is 5.10 Å². The number of nitrogens with zero attached hydrogens (tertiary/aromatic N) is 4. The number of piperidine rings is 1. The average molecular weight is 796 g/mol. The Labute approximate surface area is 340 Å². The number of carbonyl (C=O) groups is 3. The zero-order chi connectivity index (χ0) is 41.0. The maximum atomic E-state index is 15.3. The SMILES string of the molecule is CCc1nc2c(cnn2CC)c(NC2CCOCC2)c1CNC(=O)C1(C(=O)NCc2ccc(F)c(-c3cccc(CC4CCN(C(=O)OC(C)(C)C)CC4)c3)c2)CC1. The Morgan fingerprint density at radius 2 is 1.67 bits per heavy atom. The molecule has 3 N–H and O–H groups in total. The normalized spacial score (nSPS) is 17.2. The summed E-state index contributed by atoms with van der Waals surface area (Å²) in [6.07, 6.45) is 7.50. The fourth-order valence-electron chi connectivity index (χ4n) is 8.22. The average Bonchev–Trinajstić information content (AvgIpc) is 3.93. The third kappa shape index (κ3) is 9.30. The highest BCUT2D eigenvalue weighted by atomic mass is 19.1. The molecule has 0 unspecified atom stereocenters. The minimum Gasteiger partial charge on any atom is -0.444 e. The highest BCUT2D eigenvalue weighted by molar-refractivity contribution is 6.08. The van der Waals surface area contributed by atoms with E-state index in [-0.39, 0.29) is 42.9 Å². The van der Waals surface area contributed by atoms with E-state index in [1.165, 1.54) is 6.07 Å². The van der Waals surface area contributed by atoms with E-state index in [9.17, 15) is 14.4 Å². The number of hydrogen-bond donors (Lipinski definition) is 3. The first kappa shape index (κ1) is 41.1. The van der Waals surface area contributed by atoms with Crippen LogP contribution in [-0.4, -0.2) is 75.5 Å². The van der Waals surface area contributed by atoms with Crippen molar-refractivity contribution in [2.24, 2.45) is 11.3 Å². The molecule has 3 aliphatic rings. The van der Waals surface area contributed by atoms with E-state index < -0.39 is 11.0 Å². The predicted molar refractivity (Wildman–Crippen MR) is 221 cm³/mol. The quantitative estimate of drug-likeness (QED) is 0.120. The molecule has 4 heterocycles. The topological polar surface area (TPSA) is 140 Å². The van der Waals surface area contributed by atoms with Gasteiger partial charge in [0.15, 0.2) is 5.65 Å². The van der Waals surface area contributed by atoms with Crippen LogP contribution in [0, 0.1) is 17.2 Å². The van der Waals surface area contributed by atoms with Crippen molar-refractivity contribution in [3.8, 4) is 11.1 Å². The number of amides is 3. The largest absolute Gasteiger partial charge is 0.444 e. The fourth-order valence-corrected chi connectivity index (χ4v) is 8.22. The van der Waals surface area contributed by atoms with E-state index in [1.54, 1.807) is 17.0 Å². The third-order valence-corrected chi connectivity index (χ3v) is 11.7. The third-order valence-electron chi connectivity index (χ3n) is 11.7. The molecule has 2 aromatic heterocycles. The molecule has 3 fully saturated rings. The molecule has 0 bridgehead atoms. The maximum Gasteiger partial charge on any atom is 0.410 e. The van der Waals surface area contributed by atoms with Crippen molar-refractivity contribution in [2.45, 2.75) is 117 Å². The molecule has 1 aliphatic carbocycles. The number of aromatic nitrogens is 3. The number of rotatable bonds is 13. The second kappa shape index (κ2) is 17.4. The van der Waals surface area contributed by atoms with Crippen LogP contribution in [0.2, 0.25) is 0 Å². The van der Waals surface area contributed by atoms with Gasteiger partial charge >= 0.3 is 6.09 Å². The molecular formula is C45H58FN7O5. The molecule has 0 atom stereocenters. The number of aryl methyl sites for hydroxylation is 2. The van der Waals surface area contributed by atoms with Crippen LogP contribution in [0.4, 0.5) is 14.9 Å². The Kier molecular flexibility index (Phi) is 12.4. The van der Waals surface area contributed by atoms with E-state index in [0.717, 1.165) is 76.8 Å². The maximum absolute atomic E-state index is 15.3. The van der Waals surface area contributed by atoms with Crippen molar-refractivity contribution < 1.29 is 28.2 Å². The first-order chi connectivity index (χ1) is 27.9. The van der Waals surface area contributed by atoms with E-state index in [4.69, 9.17) is 14.5 Å². The van der Waals surface area contributed by atoms with E-state index >= 15 is 4.39 Å². The number of hydrogen-bond acceptors (Lipinski definition) is 8. The Morgan fingerprint density at radius 3 is 2.34 bits per heavy atom. The number of pyridine rings is 1. The molecular weight excluding hydrogens is 738 g/mol. The lowest BCUT2D eigenvalue weighted by Crippen LogP contribution is -2.42. The Balaban J connectivity index is 0.979. The van der Waals surface area contributed by atoms with Gasteiger partial charge in [0.05, 0.1) is 17.3 Å². The fraction of sp³-hybridized carbons (Fsp3) is 0.533. The van der Waals surface area contributed by atoms with Crippen LogP contribution in [0.15, 0.2) is 48.7 Å². The number of nitrogens with one attached hydrogen (secondary N) is 3. The lowest BCUT2D eigenvalue weighted by Gasteiger charge is -2.33. The summed E-state index contributed by atoms with van der Waals surface area (Å²) in [4.78, 5) is 46.8. The molecule has 1 saturated carbocycles. The van der Waals surface area contributed by atoms with Crippen molar-refractivity contribution in [3.05, 3.63) is 76.9 Å². The monoisotopic (exact) mass is 795 g/mol. The second-order valence-corrected chi connectivity index (χ2v) is 17.1. The summed E-state index contributed by atoms with van der Waals surface area (Å²) < 4.78 is 28.4. The summed E-state index contributed by atoms with van der Waals surface area (Å²) in [5.41, 5.74) is 4.93. The zero-order valence-corrected chi connectivity index (χ0v) is 34.6. The number of halogens is 1. The van der Waals surface area contributed by atoms with Crippen LogP contribution in [0.1, 0.15) is 95.5 Å². The van der Waals surface area contributed by atoms with Crippen LogP contribution < -0.4 is 16.0 Å². The van der Waals surface area contributed by atoms with Gasteiger partial charge in [-0.15, -0.1) is 0 Å². The molecule has 13 heteroatoms. The highest BCUT2D eigenvalue weighted by Gasteiger charge is 2.56. The number of carbonyl (C=O) groups excluding carboxylic acids is 3. The number of likely N-dealkylation sites (tertiary alicyclic amines) is 1. The Bertz CT molecular complexity index is 2130. The molecule has 58 heavy (non-hydrogen) atoms. The first-order valence-corrected chi connectivity index (χ1v) is 21.0. The lowest BCUT2D eigenvalue weighted by atomic mass is 9.89. The first-order valence-electron chi connectivity index (χ1n) is 21.0. The molecule has 2 aliphatic heterocycles. The summed E-state index contributed by atoms with van der Waals surface area (Å²) in [7, 11) is 0. The van der Waals surface area contributed by atoms with E-state index in [2.05, 4.69) is 34.0 Å². The van der Waals surface area contributed by atoms with Gasteiger partial charge in [-0.3, -0.25) is 9.59 Å². The van der Waals surface area contributed by atoms with Gasteiger partial charge in [0, 0.05) is 68.8 Å². The van der Waals surface area contributed by atoms with Gasteiger partial charge in [0.1, 0.15) is 16.8 Å². The van der Waals surface area contributed by atoms with Crippen LogP contribution in [0.5, 0.6) is 0 Å². The van der Waals surface area contributed by atoms with Crippen molar-refractivity contribution in [3.63, 3.8) is 0 Å². The van der Waals surface area contributed by atoms with Gasteiger partial charge < -0.3 is 30.3 Å². The molecule has 2 aromatic carbocycles. The Hall–Kier alpha value is -5.04. The zero-order valence-electron chi connectivity index (χ0n) is 34.6. The van der Waals surface area contributed by atoms with Gasteiger partial charge in [-0.1, -0.05) is 37.3 Å². The summed E-state index contributed by atoms with van der Waals surface area (Å²) >= 11 is 0. The van der Waals surface area contributed by atoms with E-state index in [1.807, 2.05) is 56.8 Å². The van der Waals surface area contributed by atoms with Gasteiger partial charge in [0.2, 0.25) is 11.8 Å². The Morgan fingerprint density at radius 1 is 0.948 bits per heavy atom. The molecule has 0 spiro atoms. The molecule has 2 saturated heterocycles. The van der Waals surface area contributed by atoms with Gasteiger partial charge in [-0.05, 0) is 114 Å². The highest BCUT2D eigenvalue weighted by Crippen LogP contribution is 2.46. The van der Waals surface area contributed by atoms with Crippen molar-refractivity contribution in [1.29, 1.82) is 0 Å². The smallest absolute Gasteiger partial charge is 0.410 e. The minimum absolute atomic E-state index is 0.165. The molecule has 3 amide bonds. The van der Waals surface area contributed by atoms with Gasteiger partial charge in [0.25, 0.3) is 0 Å². The summed E-state index contributed by atoms with van der Waals surface area (Å²) in [5.74, 6) is -0.573. The van der Waals surface area contributed by atoms with Crippen molar-refractivity contribution >= 4 is 34.6 Å². The van der Waals surface area contributed by atoms with E-state index in [0.29, 0.717) is 63.6 Å². The van der Waals surface area contributed by atoms with Crippen molar-refractivity contribution in [2.75, 3.05) is 31.6 Å². The summed E-state index contributed by atoms with van der Waals surface area (Å²) in [5, 5.41) is 15.3. The number of ether oxygens (including phenoxy) is 2. The lowest BCUT2D eigenvalue weighted by molar-refractivity contribution is -0.137. The minimum atomic E-state index is -1.15. The number of benzene rings is 2. The second-order valence-electron chi connectivity index (χ2n) is 17.1.